The lowest BCUT2D eigenvalue weighted by Gasteiger charge is -2.34. The Labute approximate surface area is 130 Å². The van der Waals surface area contributed by atoms with Crippen LogP contribution in [0.1, 0.15) is 12.5 Å². The predicted molar refractivity (Wildman–Crippen MR) is 85.6 cm³/mol. The van der Waals surface area contributed by atoms with E-state index in [1.807, 2.05) is 62.4 Å². The zero-order chi connectivity index (χ0) is 15.5. The predicted octanol–water partition coefficient (Wildman–Crippen LogP) is 3.19. The van der Waals surface area contributed by atoms with Crippen molar-refractivity contribution in [2.45, 2.75) is 19.9 Å². The van der Waals surface area contributed by atoms with Crippen molar-refractivity contribution in [2.75, 3.05) is 18.1 Å². The molecule has 4 nitrogen and oxygen atoms in total. The van der Waals surface area contributed by atoms with Crippen LogP contribution in [0.4, 0.5) is 5.69 Å². The van der Waals surface area contributed by atoms with Crippen LogP contribution in [0.25, 0.3) is 0 Å². The van der Waals surface area contributed by atoms with Crippen LogP contribution in [-0.4, -0.2) is 25.2 Å². The molecule has 1 aliphatic rings. The fraction of sp³-hybridized carbons (Fsp3) is 0.278. The normalized spacial score (nSPS) is 16.6. The molecule has 2 aromatic carbocycles. The van der Waals surface area contributed by atoms with Crippen molar-refractivity contribution in [1.82, 2.24) is 0 Å². The minimum atomic E-state index is -0.0659. The van der Waals surface area contributed by atoms with E-state index < -0.39 is 0 Å². The first-order chi connectivity index (χ1) is 10.6. The Morgan fingerprint density at radius 1 is 1.23 bits per heavy atom. The Morgan fingerprint density at radius 2 is 1.95 bits per heavy atom. The van der Waals surface area contributed by atoms with Crippen LogP contribution in [0, 0.1) is 6.92 Å². The van der Waals surface area contributed by atoms with Gasteiger partial charge >= 0.3 is 0 Å². The smallest absolute Gasteiger partial charge is 0.265 e. The van der Waals surface area contributed by atoms with Crippen LogP contribution in [0.2, 0.25) is 0 Å². The highest BCUT2D eigenvalue weighted by Crippen LogP contribution is 2.33. The zero-order valence-corrected chi connectivity index (χ0v) is 12.8. The van der Waals surface area contributed by atoms with Crippen LogP contribution in [0.15, 0.2) is 48.5 Å². The van der Waals surface area contributed by atoms with E-state index in [0.717, 1.165) is 17.0 Å². The van der Waals surface area contributed by atoms with Gasteiger partial charge in [-0.05, 0) is 38.1 Å². The second-order valence-corrected chi connectivity index (χ2v) is 5.49. The van der Waals surface area contributed by atoms with E-state index in [2.05, 4.69) is 0 Å². The maximum atomic E-state index is 12.6. The average Bonchev–Trinajstić information content (AvgIpc) is 2.54. The highest BCUT2D eigenvalue weighted by atomic mass is 16.5. The molecule has 114 valence electrons. The van der Waals surface area contributed by atoms with Crippen molar-refractivity contribution >= 4 is 11.6 Å². The first-order valence-electron chi connectivity index (χ1n) is 7.38. The molecular weight excluding hydrogens is 278 g/mol. The van der Waals surface area contributed by atoms with E-state index in [1.54, 1.807) is 4.90 Å². The zero-order valence-electron chi connectivity index (χ0n) is 12.8. The van der Waals surface area contributed by atoms with Gasteiger partial charge in [0.25, 0.3) is 5.91 Å². The number of nitrogens with zero attached hydrogens (tertiary/aromatic N) is 1. The summed E-state index contributed by atoms with van der Waals surface area (Å²) in [5, 5.41) is 0. The van der Waals surface area contributed by atoms with Crippen LogP contribution < -0.4 is 14.4 Å². The van der Waals surface area contributed by atoms with Crippen molar-refractivity contribution < 1.29 is 14.3 Å². The molecule has 1 atom stereocenters. The fourth-order valence-corrected chi connectivity index (χ4v) is 2.53. The lowest BCUT2D eigenvalue weighted by atomic mass is 10.1. The third kappa shape index (κ3) is 2.91. The van der Waals surface area contributed by atoms with Gasteiger partial charge in [-0.1, -0.05) is 29.8 Å². The summed E-state index contributed by atoms with van der Waals surface area (Å²) in [7, 11) is 0. The molecule has 0 aromatic heterocycles. The molecule has 0 radical (unpaired) electrons. The number of para-hydroxylation sites is 2. The summed E-state index contributed by atoms with van der Waals surface area (Å²) in [4.78, 5) is 14.3. The number of benzene rings is 2. The van der Waals surface area contributed by atoms with Gasteiger partial charge in [0.05, 0.1) is 11.7 Å². The number of ether oxygens (including phenoxy) is 2. The van der Waals surface area contributed by atoms with E-state index in [1.165, 1.54) is 0 Å². The third-order valence-corrected chi connectivity index (χ3v) is 3.70. The molecule has 2 aromatic rings. The molecule has 1 amide bonds. The molecule has 1 aliphatic heterocycles. The Kier molecular flexibility index (Phi) is 4.00. The number of carbonyl (C=O) groups excluding carboxylic acids is 1. The number of aryl methyl sites for hydroxylation is 1. The van der Waals surface area contributed by atoms with Crippen molar-refractivity contribution in [3.63, 3.8) is 0 Å². The summed E-state index contributed by atoms with van der Waals surface area (Å²) < 4.78 is 11.3. The van der Waals surface area contributed by atoms with Crippen LogP contribution in [-0.2, 0) is 4.79 Å². The summed E-state index contributed by atoms with van der Waals surface area (Å²) in [6, 6.07) is 15.3. The summed E-state index contributed by atoms with van der Waals surface area (Å²) in [5.74, 6) is 1.38. The van der Waals surface area contributed by atoms with E-state index in [9.17, 15) is 4.79 Å². The van der Waals surface area contributed by atoms with E-state index in [0.29, 0.717) is 12.4 Å². The van der Waals surface area contributed by atoms with Crippen molar-refractivity contribution in [3.8, 4) is 11.5 Å². The maximum Gasteiger partial charge on any atom is 0.265 e. The Balaban J connectivity index is 1.73. The average molecular weight is 297 g/mol. The van der Waals surface area contributed by atoms with E-state index >= 15 is 0 Å². The number of hydrogen-bond donors (Lipinski definition) is 0. The monoisotopic (exact) mass is 297 g/mol. The Bertz CT molecular complexity index is 666. The number of hydrogen-bond acceptors (Lipinski definition) is 3. The van der Waals surface area contributed by atoms with Crippen LogP contribution >= 0.6 is 0 Å². The molecule has 1 unspecified atom stereocenters. The SMILES string of the molecule is Cc1ccc(OCC(=O)N2c3ccccc3OCC2C)cc1. The van der Waals surface area contributed by atoms with Gasteiger partial charge in [-0.2, -0.15) is 0 Å². The summed E-state index contributed by atoms with van der Waals surface area (Å²) in [5.41, 5.74) is 1.97. The number of anilines is 1. The summed E-state index contributed by atoms with van der Waals surface area (Å²) >= 11 is 0. The topological polar surface area (TPSA) is 38.8 Å². The molecular formula is C18H19NO3. The Morgan fingerprint density at radius 3 is 2.73 bits per heavy atom. The van der Waals surface area contributed by atoms with Gasteiger partial charge in [0.2, 0.25) is 0 Å². The molecule has 0 saturated heterocycles. The molecule has 3 rings (SSSR count). The Hall–Kier alpha value is -2.49. The number of rotatable bonds is 3. The minimum absolute atomic E-state index is 0.0102. The standard InChI is InChI=1S/C18H19NO3/c1-13-7-9-15(10-8-13)21-12-18(20)19-14(2)11-22-17-6-4-3-5-16(17)19/h3-10,14H,11-12H2,1-2H3. The fourth-order valence-electron chi connectivity index (χ4n) is 2.53. The molecule has 1 heterocycles. The van der Waals surface area contributed by atoms with Gasteiger partial charge in [0.1, 0.15) is 18.1 Å². The summed E-state index contributed by atoms with van der Waals surface area (Å²) in [6.07, 6.45) is 0. The lowest BCUT2D eigenvalue weighted by Crippen LogP contribution is -2.47. The summed E-state index contributed by atoms with van der Waals surface area (Å²) in [6.45, 7) is 4.50. The van der Waals surface area contributed by atoms with Gasteiger partial charge in [0, 0.05) is 0 Å². The third-order valence-electron chi connectivity index (χ3n) is 3.70. The second kappa shape index (κ2) is 6.10. The molecule has 0 bridgehead atoms. The van der Waals surface area contributed by atoms with Crippen LogP contribution in [0.3, 0.4) is 0 Å². The van der Waals surface area contributed by atoms with Gasteiger partial charge < -0.3 is 9.47 Å². The van der Waals surface area contributed by atoms with E-state index in [4.69, 9.17) is 9.47 Å². The first kappa shape index (κ1) is 14.4. The quantitative estimate of drug-likeness (QED) is 0.873. The lowest BCUT2D eigenvalue weighted by molar-refractivity contribution is -0.121. The first-order valence-corrected chi connectivity index (χ1v) is 7.38. The minimum Gasteiger partial charge on any atom is -0.489 e. The van der Waals surface area contributed by atoms with Gasteiger partial charge in [0.15, 0.2) is 6.61 Å². The number of fused-ring (bicyclic) bond motifs is 1. The van der Waals surface area contributed by atoms with Crippen molar-refractivity contribution in [1.29, 1.82) is 0 Å². The molecule has 0 aliphatic carbocycles. The molecule has 0 saturated carbocycles. The molecule has 4 heteroatoms. The van der Waals surface area contributed by atoms with Gasteiger partial charge in [-0.3, -0.25) is 9.69 Å². The highest BCUT2D eigenvalue weighted by molar-refractivity contribution is 5.96. The number of amides is 1. The van der Waals surface area contributed by atoms with E-state index in [-0.39, 0.29) is 18.6 Å². The van der Waals surface area contributed by atoms with Crippen LogP contribution in [0.5, 0.6) is 11.5 Å². The van der Waals surface area contributed by atoms with Crippen molar-refractivity contribution in [3.05, 3.63) is 54.1 Å². The molecule has 0 N–H and O–H groups in total. The molecule has 0 fully saturated rings. The second-order valence-electron chi connectivity index (χ2n) is 5.49. The van der Waals surface area contributed by atoms with Gasteiger partial charge in [-0.25, -0.2) is 0 Å². The molecule has 0 spiro atoms. The van der Waals surface area contributed by atoms with Gasteiger partial charge in [-0.15, -0.1) is 0 Å². The maximum absolute atomic E-state index is 12.6. The molecule has 22 heavy (non-hydrogen) atoms. The number of carbonyl (C=O) groups is 1. The largest absolute Gasteiger partial charge is 0.489 e. The highest BCUT2D eigenvalue weighted by Gasteiger charge is 2.29. The van der Waals surface area contributed by atoms with Crippen molar-refractivity contribution in [2.24, 2.45) is 0 Å².